The molecular formula is C18H23N3O4S. The number of nitrogens with one attached hydrogen (secondary N) is 1. The van der Waals surface area contributed by atoms with Gasteiger partial charge in [-0.2, -0.15) is 0 Å². The molecule has 3 N–H and O–H groups in total. The first-order valence-electron chi connectivity index (χ1n) is 7.97. The van der Waals surface area contributed by atoms with Crippen LogP contribution in [0.25, 0.3) is 0 Å². The predicted molar refractivity (Wildman–Crippen MR) is 100 cm³/mol. The zero-order valence-electron chi connectivity index (χ0n) is 15.0. The Morgan fingerprint density at radius 1 is 1.15 bits per heavy atom. The molecule has 2 aromatic carbocycles. The first-order valence-corrected chi connectivity index (χ1v) is 9.52. The van der Waals surface area contributed by atoms with E-state index in [0.29, 0.717) is 12.2 Å². The monoisotopic (exact) mass is 377 g/mol. The number of carbonyl (C=O) groups excluding carboxylic acids is 1. The summed E-state index contributed by atoms with van der Waals surface area (Å²) in [7, 11) is -0.274. The van der Waals surface area contributed by atoms with Crippen LogP contribution in [0.2, 0.25) is 0 Å². The number of hydrogen-bond acceptors (Lipinski definition) is 5. The fraction of sp³-hybridized carbons (Fsp3) is 0.278. The molecule has 0 aromatic heterocycles. The number of nitrogens with two attached hydrogens (primary N) is 1. The minimum Gasteiger partial charge on any atom is -0.497 e. The molecule has 0 bridgehead atoms. The summed E-state index contributed by atoms with van der Waals surface area (Å²) < 4.78 is 27.6. The van der Waals surface area contributed by atoms with Gasteiger partial charge in [0.1, 0.15) is 5.75 Å². The fourth-order valence-corrected chi connectivity index (χ4v) is 2.85. The Bertz CT molecular complexity index is 849. The Hall–Kier alpha value is -2.42. The van der Waals surface area contributed by atoms with Crippen molar-refractivity contribution in [1.82, 2.24) is 4.90 Å². The summed E-state index contributed by atoms with van der Waals surface area (Å²) in [5.74, 6) is 0.592. The van der Waals surface area contributed by atoms with Crippen LogP contribution in [0.1, 0.15) is 12.5 Å². The van der Waals surface area contributed by atoms with E-state index < -0.39 is 10.0 Å². The average Bonchev–Trinajstić information content (AvgIpc) is 2.61. The number of carbonyl (C=O) groups is 1. The number of likely N-dealkylation sites (N-methyl/N-ethyl adjacent to an activating group) is 1. The predicted octanol–water partition coefficient (Wildman–Crippen LogP) is 1.80. The minimum atomic E-state index is -3.75. The summed E-state index contributed by atoms with van der Waals surface area (Å²) in [5.41, 5.74) is 1.57. The van der Waals surface area contributed by atoms with Crippen molar-refractivity contribution in [3.8, 4) is 5.75 Å². The van der Waals surface area contributed by atoms with E-state index >= 15 is 0 Å². The number of rotatable bonds is 7. The van der Waals surface area contributed by atoms with Gasteiger partial charge in [-0.1, -0.05) is 12.1 Å². The van der Waals surface area contributed by atoms with Crippen molar-refractivity contribution in [3.05, 3.63) is 54.1 Å². The van der Waals surface area contributed by atoms with Gasteiger partial charge < -0.3 is 10.1 Å². The largest absolute Gasteiger partial charge is 0.497 e. The highest BCUT2D eigenvalue weighted by atomic mass is 32.2. The lowest BCUT2D eigenvalue weighted by Gasteiger charge is -2.24. The van der Waals surface area contributed by atoms with E-state index in [4.69, 9.17) is 9.88 Å². The Kier molecular flexibility index (Phi) is 6.36. The van der Waals surface area contributed by atoms with Crippen molar-refractivity contribution < 1.29 is 17.9 Å². The molecule has 140 valence electrons. The van der Waals surface area contributed by atoms with E-state index in [1.54, 1.807) is 14.0 Å². The fourth-order valence-electron chi connectivity index (χ4n) is 2.33. The molecule has 0 aliphatic heterocycles. The number of anilines is 1. The summed E-state index contributed by atoms with van der Waals surface area (Å²) in [6, 6.07) is 13.0. The minimum absolute atomic E-state index is 0.000159. The first kappa shape index (κ1) is 19.9. The van der Waals surface area contributed by atoms with Crippen molar-refractivity contribution in [2.24, 2.45) is 5.14 Å². The Morgan fingerprint density at radius 2 is 1.73 bits per heavy atom. The second kappa shape index (κ2) is 8.31. The lowest BCUT2D eigenvalue weighted by Crippen LogP contribution is -2.39. The number of sulfonamides is 1. The van der Waals surface area contributed by atoms with E-state index in [0.717, 1.165) is 11.3 Å². The highest BCUT2D eigenvalue weighted by Crippen LogP contribution is 2.16. The zero-order valence-corrected chi connectivity index (χ0v) is 15.8. The third kappa shape index (κ3) is 5.29. The first-order chi connectivity index (χ1) is 12.2. The molecular weight excluding hydrogens is 354 g/mol. The Labute approximate surface area is 153 Å². The Morgan fingerprint density at radius 3 is 2.23 bits per heavy atom. The SMILES string of the molecule is COc1ccc(CN(C)C(C)C(=O)Nc2ccc(S(N)(=O)=O)cc2)cc1. The maximum absolute atomic E-state index is 12.4. The van der Waals surface area contributed by atoms with Crippen molar-refractivity contribution in [2.75, 3.05) is 19.5 Å². The van der Waals surface area contributed by atoms with Crippen molar-refractivity contribution in [2.45, 2.75) is 24.4 Å². The third-order valence-electron chi connectivity index (χ3n) is 4.08. The molecule has 0 spiro atoms. The molecule has 8 heteroatoms. The van der Waals surface area contributed by atoms with E-state index in [9.17, 15) is 13.2 Å². The van der Waals surface area contributed by atoms with Crippen LogP contribution in [0, 0.1) is 0 Å². The topological polar surface area (TPSA) is 102 Å². The molecule has 0 saturated heterocycles. The van der Waals surface area contributed by atoms with E-state index in [2.05, 4.69) is 5.32 Å². The lowest BCUT2D eigenvalue weighted by atomic mass is 10.1. The number of nitrogens with zero attached hydrogens (tertiary/aromatic N) is 1. The van der Waals surface area contributed by atoms with Gasteiger partial charge in [-0.15, -0.1) is 0 Å². The van der Waals surface area contributed by atoms with Crippen molar-refractivity contribution in [1.29, 1.82) is 0 Å². The molecule has 2 aromatic rings. The summed E-state index contributed by atoms with van der Waals surface area (Å²) in [4.78, 5) is 14.3. The van der Waals surface area contributed by atoms with Crippen molar-refractivity contribution >= 4 is 21.6 Å². The highest BCUT2D eigenvalue weighted by Gasteiger charge is 2.18. The molecule has 2 rings (SSSR count). The number of methoxy groups -OCH3 is 1. The molecule has 0 heterocycles. The smallest absolute Gasteiger partial charge is 0.241 e. The van der Waals surface area contributed by atoms with Crippen LogP contribution in [0.5, 0.6) is 5.75 Å². The Balaban J connectivity index is 1.97. The summed E-state index contributed by atoms with van der Waals surface area (Å²) in [6.07, 6.45) is 0. The molecule has 1 amide bonds. The number of amides is 1. The van der Waals surface area contributed by atoms with Crippen molar-refractivity contribution in [3.63, 3.8) is 0 Å². The van der Waals surface area contributed by atoms with Gasteiger partial charge in [-0.3, -0.25) is 9.69 Å². The van der Waals surface area contributed by atoms with Crippen LogP contribution >= 0.6 is 0 Å². The maximum atomic E-state index is 12.4. The molecule has 0 saturated carbocycles. The van der Waals surface area contributed by atoms with Crippen LogP contribution in [0.4, 0.5) is 5.69 Å². The normalized spacial score (nSPS) is 12.7. The standard InChI is InChI=1S/C18H23N3O4S/c1-13(21(2)12-14-4-8-16(25-3)9-5-14)18(22)20-15-6-10-17(11-7-15)26(19,23)24/h4-11,13H,12H2,1-3H3,(H,20,22)(H2,19,23,24). The molecule has 0 aliphatic rings. The van der Waals surface area contributed by atoms with E-state index in [1.807, 2.05) is 36.2 Å². The van der Waals surface area contributed by atoms with Crippen LogP contribution in [-0.4, -0.2) is 39.4 Å². The average molecular weight is 377 g/mol. The van der Waals surface area contributed by atoms with Gasteiger partial charge in [-0.05, 0) is 55.9 Å². The molecule has 0 aliphatic carbocycles. The quantitative estimate of drug-likeness (QED) is 0.766. The number of benzene rings is 2. The second-order valence-corrected chi connectivity index (χ2v) is 7.56. The van der Waals surface area contributed by atoms with Gasteiger partial charge in [0, 0.05) is 12.2 Å². The molecule has 0 radical (unpaired) electrons. The van der Waals surface area contributed by atoms with Crippen LogP contribution < -0.4 is 15.2 Å². The molecule has 7 nitrogen and oxygen atoms in total. The molecule has 1 atom stereocenters. The number of ether oxygens (including phenoxy) is 1. The summed E-state index contributed by atoms with van der Waals surface area (Å²) in [6.45, 7) is 2.40. The van der Waals surface area contributed by atoms with Crippen LogP contribution in [0.15, 0.2) is 53.4 Å². The molecule has 1 unspecified atom stereocenters. The zero-order chi connectivity index (χ0) is 19.3. The van der Waals surface area contributed by atoms with Gasteiger partial charge in [0.2, 0.25) is 15.9 Å². The van der Waals surface area contributed by atoms with Gasteiger partial charge in [0.15, 0.2) is 0 Å². The lowest BCUT2D eigenvalue weighted by molar-refractivity contribution is -0.120. The van der Waals surface area contributed by atoms with Crippen LogP contribution in [-0.2, 0) is 21.4 Å². The second-order valence-electron chi connectivity index (χ2n) is 6.00. The molecule has 26 heavy (non-hydrogen) atoms. The highest BCUT2D eigenvalue weighted by molar-refractivity contribution is 7.89. The summed E-state index contributed by atoms with van der Waals surface area (Å²) >= 11 is 0. The van der Waals surface area contributed by atoms with Gasteiger partial charge in [0.05, 0.1) is 18.0 Å². The summed E-state index contributed by atoms with van der Waals surface area (Å²) in [5, 5.41) is 7.83. The van der Waals surface area contributed by atoms with Crippen LogP contribution in [0.3, 0.4) is 0 Å². The van der Waals surface area contributed by atoms with E-state index in [-0.39, 0.29) is 16.8 Å². The van der Waals surface area contributed by atoms with Gasteiger partial charge in [-0.25, -0.2) is 13.6 Å². The number of primary sulfonamides is 1. The van der Waals surface area contributed by atoms with Gasteiger partial charge in [0.25, 0.3) is 0 Å². The third-order valence-corrected chi connectivity index (χ3v) is 5.01. The van der Waals surface area contributed by atoms with E-state index in [1.165, 1.54) is 24.3 Å². The number of hydrogen-bond donors (Lipinski definition) is 2. The molecule has 0 fully saturated rings. The van der Waals surface area contributed by atoms with Gasteiger partial charge >= 0.3 is 0 Å². The maximum Gasteiger partial charge on any atom is 0.241 e.